The molecule has 0 N–H and O–H groups in total. The Hall–Kier alpha value is -2.21. The van der Waals surface area contributed by atoms with Gasteiger partial charge in [-0.1, -0.05) is 37.3 Å². The molecule has 2 rings (SSSR count). The highest BCUT2D eigenvalue weighted by atomic mass is 79.9. The van der Waals surface area contributed by atoms with Crippen molar-refractivity contribution in [2.45, 2.75) is 20.0 Å². The molecule has 2 aromatic rings. The second kappa shape index (κ2) is 7.17. The molecular formula is C16H14BrNO4. The minimum atomic E-state index is -0.545. The first-order valence-electron chi connectivity index (χ1n) is 6.71. The lowest BCUT2D eigenvalue weighted by atomic mass is 10.1. The third kappa shape index (κ3) is 3.51. The summed E-state index contributed by atoms with van der Waals surface area (Å²) >= 11 is 3.16. The van der Waals surface area contributed by atoms with Crippen LogP contribution in [0.3, 0.4) is 0 Å². The maximum absolute atomic E-state index is 11.8. The van der Waals surface area contributed by atoms with E-state index < -0.39 is 4.92 Å². The molecule has 0 unspecified atom stereocenters. The highest BCUT2D eigenvalue weighted by Gasteiger charge is 2.25. The average Bonchev–Trinajstić information content (AvgIpc) is 2.52. The van der Waals surface area contributed by atoms with E-state index in [0.717, 1.165) is 5.56 Å². The van der Waals surface area contributed by atoms with Crippen LogP contribution in [0.1, 0.15) is 29.3 Å². The normalized spacial score (nSPS) is 10.3. The van der Waals surface area contributed by atoms with Crippen molar-refractivity contribution < 1.29 is 14.5 Å². The molecule has 0 saturated carbocycles. The first-order chi connectivity index (χ1) is 10.5. The van der Waals surface area contributed by atoms with Gasteiger partial charge >= 0.3 is 5.69 Å². The number of hydrogen-bond acceptors (Lipinski definition) is 4. The third-order valence-electron chi connectivity index (χ3n) is 3.12. The summed E-state index contributed by atoms with van der Waals surface area (Å²) in [5.74, 6) is -0.0297. The predicted octanol–water partition coefficient (Wildman–Crippen LogP) is 4.53. The molecule has 2 aromatic carbocycles. The van der Waals surface area contributed by atoms with Crippen molar-refractivity contribution in [2.75, 3.05) is 0 Å². The SMILES string of the molecule is CCC(=O)c1ccc(OCc2ccccc2)c([N+](=O)[O-])c1Br. The van der Waals surface area contributed by atoms with Gasteiger partial charge in [-0.2, -0.15) is 0 Å². The lowest BCUT2D eigenvalue weighted by Crippen LogP contribution is -2.04. The molecule has 5 nitrogen and oxygen atoms in total. The summed E-state index contributed by atoms with van der Waals surface area (Å²) in [4.78, 5) is 22.6. The molecule has 0 aliphatic rings. The van der Waals surface area contributed by atoms with Gasteiger partial charge in [0.15, 0.2) is 11.5 Å². The fraction of sp³-hybridized carbons (Fsp3) is 0.188. The summed E-state index contributed by atoms with van der Waals surface area (Å²) in [6.07, 6.45) is 0.278. The molecule has 0 heterocycles. The fourth-order valence-corrected chi connectivity index (χ4v) is 2.67. The Morgan fingerprint density at radius 1 is 1.23 bits per heavy atom. The molecule has 6 heteroatoms. The molecule has 0 aliphatic heterocycles. The lowest BCUT2D eigenvalue weighted by Gasteiger charge is -2.10. The fourth-order valence-electron chi connectivity index (χ4n) is 1.97. The monoisotopic (exact) mass is 363 g/mol. The average molecular weight is 364 g/mol. The maximum Gasteiger partial charge on any atom is 0.325 e. The van der Waals surface area contributed by atoms with Gasteiger partial charge in [0.25, 0.3) is 0 Å². The Kier molecular flexibility index (Phi) is 5.27. The van der Waals surface area contributed by atoms with Crippen molar-refractivity contribution in [1.82, 2.24) is 0 Å². The first kappa shape index (κ1) is 16.2. The lowest BCUT2D eigenvalue weighted by molar-refractivity contribution is -0.386. The summed E-state index contributed by atoms with van der Waals surface area (Å²) in [6, 6.07) is 12.4. The highest BCUT2D eigenvalue weighted by Crippen LogP contribution is 2.38. The predicted molar refractivity (Wildman–Crippen MR) is 86.2 cm³/mol. The number of ketones is 1. The van der Waals surface area contributed by atoms with Gasteiger partial charge in [0, 0.05) is 12.0 Å². The van der Waals surface area contributed by atoms with Crippen LogP contribution in [0.15, 0.2) is 46.9 Å². The van der Waals surface area contributed by atoms with Gasteiger partial charge in [-0.15, -0.1) is 0 Å². The summed E-state index contributed by atoms with van der Waals surface area (Å²) in [6.45, 7) is 1.93. The number of Topliss-reactive ketones (excluding diaryl/α,β-unsaturated/α-hetero) is 1. The molecular weight excluding hydrogens is 350 g/mol. The van der Waals surface area contributed by atoms with Gasteiger partial charge in [0.05, 0.1) is 4.92 Å². The van der Waals surface area contributed by atoms with E-state index >= 15 is 0 Å². The highest BCUT2D eigenvalue weighted by molar-refractivity contribution is 9.10. The Bertz CT molecular complexity index is 701. The quantitative estimate of drug-likeness (QED) is 0.429. The summed E-state index contributed by atoms with van der Waals surface area (Å²) < 4.78 is 5.71. The van der Waals surface area contributed by atoms with E-state index in [1.807, 2.05) is 30.3 Å². The van der Waals surface area contributed by atoms with E-state index in [0.29, 0.717) is 5.56 Å². The first-order valence-corrected chi connectivity index (χ1v) is 7.50. The Morgan fingerprint density at radius 2 is 1.91 bits per heavy atom. The number of carbonyl (C=O) groups is 1. The van der Waals surface area contributed by atoms with Crippen LogP contribution in [0.25, 0.3) is 0 Å². The molecule has 0 aromatic heterocycles. The number of hydrogen-bond donors (Lipinski definition) is 0. The summed E-state index contributed by atoms with van der Waals surface area (Å²) in [5.41, 5.74) is 0.970. The van der Waals surface area contributed by atoms with Crippen LogP contribution in [0, 0.1) is 10.1 Å². The van der Waals surface area contributed by atoms with Crippen LogP contribution in [-0.2, 0) is 6.61 Å². The van der Waals surface area contributed by atoms with E-state index in [9.17, 15) is 14.9 Å². The zero-order valence-corrected chi connectivity index (χ0v) is 13.5. The molecule has 0 atom stereocenters. The second-order valence-corrected chi connectivity index (χ2v) is 5.37. The van der Waals surface area contributed by atoms with Crippen LogP contribution in [0.4, 0.5) is 5.69 Å². The summed E-state index contributed by atoms with van der Waals surface area (Å²) in [7, 11) is 0. The van der Waals surface area contributed by atoms with Crippen LogP contribution in [-0.4, -0.2) is 10.7 Å². The molecule has 22 heavy (non-hydrogen) atoms. The maximum atomic E-state index is 11.8. The molecule has 0 saturated heterocycles. The minimum Gasteiger partial charge on any atom is -0.482 e. The van der Waals surface area contributed by atoms with Gasteiger partial charge < -0.3 is 4.74 Å². The number of rotatable bonds is 6. The topological polar surface area (TPSA) is 69.4 Å². The van der Waals surface area contributed by atoms with Crippen molar-refractivity contribution >= 4 is 27.4 Å². The Morgan fingerprint density at radius 3 is 2.50 bits per heavy atom. The molecule has 0 fully saturated rings. The zero-order chi connectivity index (χ0) is 16.1. The molecule has 0 amide bonds. The van der Waals surface area contributed by atoms with Gasteiger partial charge in [0.2, 0.25) is 0 Å². The summed E-state index contributed by atoms with van der Waals surface area (Å²) in [5, 5.41) is 11.3. The Balaban J connectivity index is 2.33. The van der Waals surface area contributed by atoms with E-state index in [1.165, 1.54) is 6.07 Å². The van der Waals surface area contributed by atoms with Crippen molar-refractivity contribution in [3.63, 3.8) is 0 Å². The third-order valence-corrected chi connectivity index (χ3v) is 3.92. The van der Waals surface area contributed by atoms with Gasteiger partial charge in [-0.3, -0.25) is 14.9 Å². The van der Waals surface area contributed by atoms with Crippen molar-refractivity contribution in [1.29, 1.82) is 0 Å². The number of halogens is 1. The van der Waals surface area contributed by atoms with Crippen molar-refractivity contribution in [3.8, 4) is 5.75 Å². The van der Waals surface area contributed by atoms with E-state index in [1.54, 1.807) is 13.0 Å². The van der Waals surface area contributed by atoms with Gasteiger partial charge in [-0.25, -0.2) is 0 Å². The van der Waals surface area contributed by atoms with Crippen LogP contribution in [0.2, 0.25) is 0 Å². The number of ether oxygens (including phenoxy) is 1. The molecule has 0 radical (unpaired) electrons. The zero-order valence-electron chi connectivity index (χ0n) is 11.9. The number of nitro groups is 1. The number of benzene rings is 2. The van der Waals surface area contributed by atoms with E-state index in [-0.39, 0.29) is 34.7 Å². The molecule has 0 aliphatic carbocycles. The number of nitrogens with zero attached hydrogens (tertiary/aromatic N) is 1. The van der Waals surface area contributed by atoms with Crippen molar-refractivity contribution in [3.05, 3.63) is 68.2 Å². The van der Waals surface area contributed by atoms with Crippen LogP contribution in [0.5, 0.6) is 5.75 Å². The van der Waals surface area contributed by atoms with E-state index in [4.69, 9.17) is 4.74 Å². The van der Waals surface area contributed by atoms with Crippen LogP contribution >= 0.6 is 15.9 Å². The van der Waals surface area contributed by atoms with Gasteiger partial charge in [0.1, 0.15) is 11.1 Å². The second-order valence-electron chi connectivity index (χ2n) is 4.58. The van der Waals surface area contributed by atoms with Gasteiger partial charge in [-0.05, 0) is 33.6 Å². The number of carbonyl (C=O) groups excluding carboxylic acids is 1. The molecule has 0 spiro atoms. The Labute approximate surface area is 136 Å². The largest absolute Gasteiger partial charge is 0.482 e. The van der Waals surface area contributed by atoms with E-state index in [2.05, 4.69) is 15.9 Å². The molecule has 0 bridgehead atoms. The van der Waals surface area contributed by atoms with Crippen LogP contribution < -0.4 is 4.74 Å². The minimum absolute atomic E-state index is 0.133. The van der Waals surface area contributed by atoms with Crippen molar-refractivity contribution in [2.24, 2.45) is 0 Å². The smallest absolute Gasteiger partial charge is 0.325 e. The number of nitro benzene ring substituents is 1. The molecule has 114 valence electrons. The standard InChI is InChI=1S/C16H14BrNO4/c1-2-13(19)12-8-9-14(16(15(12)17)18(20)21)22-10-11-6-4-3-5-7-11/h3-9H,2,10H2,1H3.